The SMILES string of the molecule is O=C(C=Cc1ccc2c(c1)OCO2)Nc1ccc(NC(=O)C=Cc2ccc3c(c2)OCO3)cc1. The first-order chi connectivity index (χ1) is 16.6. The van der Waals surface area contributed by atoms with Gasteiger partial charge in [0.1, 0.15) is 0 Å². The van der Waals surface area contributed by atoms with E-state index < -0.39 is 0 Å². The summed E-state index contributed by atoms with van der Waals surface area (Å²) in [6.45, 7) is 0.408. The summed E-state index contributed by atoms with van der Waals surface area (Å²) >= 11 is 0. The Morgan fingerprint density at radius 1 is 0.588 bits per heavy atom. The zero-order valence-electron chi connectivity index (χ0n) is 17.9. The Labute approximate surface area is 195 Å². The van der Waals surface area contributed by atoms with E-state index in [9.17, 15) is 9.59 Å². The van der Waals surface area contributed by atoms with Gasteiger partial charge in [0.05, 0.1) is 0 Å². The number of fused-ring (bicyclic) bond motifs is 2. The minimum Gasteiger partial charge on any atom is -0.454 e. The van der Waals surface area contributed by atoms with Gasteiger partial charge in [0.15, 0.2) is 23.0 Å². The fourth-order valence-corrected chi connectivity index (χ4v) is 3.38. The predicted octanol–water partition coefficient (Wildman–Crippen LogP) is 4.45. The van der Waals surface area contributed by atoms with E-state index in [2.05, 4.69) is 10.6 Å². The van der Waals surface area contributed by atoms with Crippen LogP contribution in [0, 0.1) is 0 Å². The summed E-state index contributed by atoms with van der Waals surface area (Å²) in [5.74, 6) is 2.15. The van der Waals surface area contributed by atoms with Crippen LogP contribution in [0.4, 0.5) is 11.4 Å². The summed E-state index contributed by atoms with van der Waals surface area (Å²) in [5, 5.41) is 5.56. The number of rotatable bonds is 6. The Hall–Kier alpha value is -4.72. The summed E-state index contributed by atoms with van der Waals surface area (Å²) in [7, 11) is 0. The van der Waals surface area contributed by atoms with Gasteiger partial charge in [-0.1, -0.05) is 12.1 Å². The maximum absolute atomic E-state index is 12.2. The number of nitrogens with one attached hydrogen (secondary N) is 2. The van der Waals surface area contributed by atoms with Gasteiger partial charge in [0, 0.05) is 23.5 Å². The second kappa shape index (κ2) is 9.41. The average molecular weight is 456 g/mol. The van der Waals surface area contributed by atoms with Crippen LogP contribution in [0.3, 0.4) is 0 Å². The number of benzene rings is 3. The Bertz CT molecular complexity index is 1200. The van der Waals surface area contributed by atoms with Crippen LogP contribution in [0.15, 0.2) is 72.8 Å². The topological polar surface area (TPSA) is 95.1 Å². The van der Waals surface area contributed by atoms with Gasteiger partial charge in [-0.3, -0.25) is 9.59 Å². The van der Waals surface area contributed by atoms with E-state index in [4.69, 9.17) is 18.9 Å². The average Bonchev–Trinajstić information content (AvgIpc) is 3.51. The molecule has 34 heavy (non-hydrogen) atoms. The summed E-state index contributed by atoms with van der Waals surface area (Å²) < 4.78 is 21.2. The molecule has 0 aromatic heterocycles. The molecule has 0 fully saturated rings. The molecule has 0 unspecified atom stereocenters. The largest absolute Gasteiger partial charge is 0.454 e. The molecule has 2 aliphatic heterocycles. The van der Waals surface area contributed by atoms with Crippen LogP contribution < -0.4 is 29.6 Å². The van der Waals surface area contributed by atoms with Gasteiger partial charge in [-0.15, -0.1) is 0 Å². The van der Waals surface area contributed by atoms with Crippen molar-refractivity contribution in [1.82, 2.24) is 0 Å². The predicted molar refractivity (Wildman–Crippen MR) is 127 cm³/mol. The molecule has 0 saturated carbocycles. The highest BCUT2D eigenvalue weighted by Gasteiger charge is 2.13. The lowest BCUT2D eigenvalue weighted by Gasteiger charge is -2.05. The molecular weight excluding hydrogens is 436 g/mol. The van der Waals surface area contributed by atoms with Gasteiger partial charge >= 0.3 is 0 Å². The highest BCUT2D eigenvalue weighted by atomic mass is 16.7. The number of hydrogen-bond acceptors (Lipinski definition) is 6. The summed E-state index contributed by atoms with van der Waals surface area (Å²) in [4.78, 5) is 24.4. The third kappa shape index (κ3) is 5.02. The molecule has 2 amide bonds. The number of ether oxygens (including phenoxy) is 4. The van der Waals surface area contributed by atoms with E-state index in [0.29, 0.717) is 34.4 Å². The molecule has 0 saturated heterocycles. The molecule has 3 aromatic carbocycles. The van der Waals surface area contributed by atoms with Crippen LogP contribution in [-0.4, -0.2) is 25.4 Å². The van der Waals surface area contributed by atoms with Crippen molar-refractivity contribution in [3.05, 3.63) is 83.9 Å². The molecule has 0 aliphatic carbocycles. The molecule has 0 spiro atoms. The minimum atomic E-state index is -0.277. The Balaban J connectivity index is 1.13. The summed E-state index contributed by atoms with van der Waals surface area (Å²) in [5.41, 5.74) is 2.86. The van der Waals surface area contributed by atoms with Crippen LogP contribution in [0.2, 0.25) is 0 Å². The lowest BCUT2D eigenvalue weighted by molar-refractivity contribution is -0.112. The van der Waals surface area contributed by atoms with E-state index in [0.717, 1.165) is 11.1 Å². The van der Waals surface area contributed by atoms with Crippen LogP contribution in [0.5, 0.6) is 23.0 Å². The van der Waals surface area contributed by atoms with E-state index in [-0.39, 0.29) is 25.4 Å². The molecule has 2 heterocycles. The molecule has 170 valence electrons. The highest BCUT2D eigenvalue weighted by Crippen LogP contribution is 2.33. The molecule has 0 atom stereocenters. The van der Waals surface area contributed by atoms with E-state index >= 15 is 0 Å². The third-order valence-electron chi connectivity index (χ3n) is 5.07. The van der Waals surface area contributed by atoms with Crippen LogP contribution in [-0.2, 0) is 9.59 Å². The van der Waals surface area contributed by atoms with E-state index in [1.165, 1.54) is 12.2 Å². The smallest absolute Gasteiger partial charge is 0.248 e. The molecule has 5 rings (SSSR count). The highest BCUT2D eigenvalue weighted by molar-refractivity contribution is 6.03. The number of anilines is 2. The Morgan fingerprint density at radius 3 is 1.44 bits per heavy atom. The van der Waals surface area contributed by atoms with Gasteiger partial charge in [0.25, 0.3) is 0 Å². The molecule has 8 heteroatoms. The van der Waals surface area contributed by atoms with Crippen molar-refractivity contribution < 1.29 is 28.5 Å². The zero-order chi connectivity index (χ0) is 23.3. The van der Waals surface area contributed by atoms with Crippen molar-refractivity contribution >= 4 is 35.3 Å². The maximum Gasteiger partial charge on any atom is 0.248 e. The first kappa shape index (κ1) is 21.1. The molecular formula is C26H20N2O6. The number of carbonyl (C=O) groups is 2. The molecule has 0 radical (unpaired) electrons. The van der Waals surface area contributed by atoms with Crippen LogP contribution in [0.25, 0.3) is 12.2 Å². The van der Waals surface area contributed by atoms with Crippen molar-refractivity contribution in [2.75, 3.05) is 24.2 Å². The monoisotopic (exact) mass is 456 g/mol. The lowest BCUT2D eigenvalue weighted by Crippen LogP contribution is -2.09. The number of amides is 2. The van der Waals surface area contributed by atoms with Crippen molar-refractivity contribution in [2.45, 2.75) is 0 Å². The first-order valence-electron chi connectivity index (χ1n) is 10.5. The second-order valence-corrected chi connectivity index (χ2v) is 7.45. The zero-order valence-corrected chi connectivity index (χ0v) is 17.9. The van der Waals surface area contributed by atoms with Gasteiger partial charge in [0.2, 0.25) is 25.4 Å². The summed E-state index contributed by atoms with van der Waals surface area (Å²) in [6, 6.07) is 17.8. The first-order valence-corrected chi connectivity index (χ1v) is 10.5. The number of carbonyl (C=O) groups excluding carboxylic acids is 2. The van der Waals surface area contributed by atoms with Gasteiger partial charge in [-0.2, -0.15) is 0 Å². The normalized spacial score (nSPS) is 13.4. The third-order valence-corrected chi connectivity index (χ3v) is 5.07. The van der Waals surface area contributed by atoms with Crippen LogP contribution >= 0.6 is 0 Å². The van der Waals surface area contributed by atoms with E-state index in [1.54, 1.807) is 48.6 Å². The van der Waals surface area contributed by atoms with Gasteiger partial charge in [-0.25, -0.2) is 0 Å². The van der Waals surface area contributed by atoms with E-state index in [1.807, 2.05) is 24.3 Å². The molecule has 8 nitrogen and oxygen atoms in total. The van der Waals surface area contributed by atoms with Crippen molar-refractivity contribution in [2.24, 2.45) is 0 Å². The quantitative estimate of drug-likeness (QED) is 0.533. The lowest BCUT2D eigenvalue weighted by atomic mass is 10.2. The van der Waals surface area contributed by atoms with Crippen molar-refractivity contribution in [3.63, 3.8) is 0 Å². The van der Waals surface area contributed by atoms with Gasteiger partial charge < -0.3 is 29.6 Å². The number of hydrogen-bond donors (Lipinski definition) is 2. The standard InChI is InChI=1S/C26H20N2O6/c29-25(11-3-17-1-9-21-23(13-17)33-15-31-21)27-19-5-7-20(8-6-19)28-26(30)12-4-18-2-10-22-24(14-18)34-16-32-22/h1-14H,15-16H2,(H,27,29)(H,28,30). The molecule has 2 aliphatic rings. The van der Waals surface area contributed by atoms with Crippen molar-refractivity contribution in [1.29, 1.82) is 0 Å². The Kier molecular flexibility index (Phi) is 5.85. The maximum atomic E-state index is 12.2. The molecule has 3 aromatic rings. The Morgan fingerprint density at radius 2 is 1.00 bits per heavy atom. The molecule has 2 N–H and O–H groups in total. The van der Waals surface area contributed by atoms with Crippen molar-refractivity contribution in [3.8, 4) is 23.0 Å². The summed E-state index contributed by atoms with van der Waals surface area (Å²) in [6.07, 6.45) is 6.26. The second-order valence-electron chi connectivity index (χ2n) is 7.45. The molecule has 0 bridgehead atoms. The fourth-order valence-electron chi connectivity index (χ4n) is 3.38. The fraction of sp³-hybridized carbons (Fsp3) is 0.0769. The minimum absolute atomic E-state index is 0.204. The van der Waals surface area contributed by atoms with Crippen LogP contribution in [0.1, 0.15) is 11.1 Å². The van der Waals surface area contributed by atoms with Gasteiger partial charge in [-0.05, 0) is 71.8 Å².